The maximum Gasteiger partial charge on any atom is 0.319 e. The van der Waals surface area contributed by atoms with E-state index in [1.54, 1.807) is 0 Å². The summed E-state index contributed by atoms with van der Waals surface area (Å²) < 4.78 is 25.6. The van der Waals surface area contributed by atoms with Crippen molar-refractivity contribution in [1.29, 1.82) is 0 Å². The molecule has 0 fully saturated rings. The van der Waals surface area contributed by atoms with Crippen molar-refractivity contribution >= 4 is 29.9 Å². The van der Waals surface area contributed by atoms with Gasteiger partial charge in [0.2, 0.25) is 0 Å². The van der Waals surface area contributed by atoms with Crippen molar-refractivity contribution < 1.29 is 8.78 Å². The minimum Gasteiger partial charge on any atom is -0.370 e. The molecule has 0 spiro atoms. The van der Waals surface area contributed by atoms with E-state index in [0.29, 0.717) is 0 Å². The van der Waals surface area contributed by atoms with Crippen LogP contribution in [-0.4, -0.2) is 21.6 Å². The van der Waals surface area contributed by atoms with Gasteiger partial charge >= 0.3 is 6.55 Å². The second kappa shape index (κ2) is 7.41. The number of guanidine groups is 1. The van der Waals surface area contributed by atoms with Crippen molar-refractivity contribution in [2.45, 2.75) is 33.0 Å². The molecule has 0 saturated heterocycles. The Bertz CT molecular complexity index is 364. The van der Waals surface area contributed by atoms with E-state index in [9.17, 15) is 8.78 Å². The molecular weight excluding hydrogens is 343 g/mol. The average molecular weight is 359 g/mol. The van der Waals surface area contributed by atoms with Crippen LogP contribution in [0.5, 0.6) is 0 Å². The summed E-state index contributed by atoms with van der Waals surface area (Å²) in [5.41, 5.74) is 5.53. The first kappa shape index (κ1) is 16.1. The van der Waals surface area contributed by atoms with Gasteiger partial charge in [-0.25, -0.2) is 9.98 Å². The van der Waals surface area contributed by atoms with Gasteiger partial charge in [-0.15, -0.1) is 24.0 Å². The van der Waals surface area contributed by atoms with Gasteiger partial charge in [-0.2, -0.15) is 8.78 Å². The van der Waals surface area contributed by atoms with Gasteiger partial charge in [0.25, 0.3) is 0 Å². The molecule has 98 valence electrons. The molecule has 1 rings (SSSR count). The predicted octanol–water partition coefficient (Wildman–Crippen LogP) is 1.71. The van der Waals surface area contributed by atoms with Crippen LogP contribution in [0.15, 0.2) is 17.4 Å². The second-order valence-electron chi connectivity index (χ2n) is 3.53. The number of imidazole rings is 1. The maximum atomic E-state index is 12.4. The highest BCUT2D eigenvalue weighted by Crippen LogP contribution is 2.12. The molecule has 0 unspecified atom stereocenters. The molecule has 0 aliphatic heterocycles. The van der Waals surface area contributed by atoms with Crippen LogP contribution in [0, 0.1) is 0 Å². The molecule has 8 heteroatoms. The third-order valence-electron chi connectivity index (χ3n) is 1.79. The van der Waals surface area contributed by atoms with E-state index in [0.717, 1.165) is 4.57 Å². The molecule has 0 aliphatic rings. The summed E-state index contributed by atoms with van der Waals surface area (Å²) in [6.45, 7) is 1.24. The van der Waals surface area contributed by atoms with Crippen molar-refractivity contribution in [1.82, 2.24) is 14.9 Å². The molecule has 1 aromatic rings. The molecule has 17 heavy (non-hydrogen) atoms. The Morgan fingerprint density at radius 3 is 2.76 bits per heavy atom. The number of nitrogens with one attached hydrogen (secondary N) is 1. The zero-order chi connectivity index (χ0) is 12.1. The number of aliphatic imine (C=N–C) groups is 1. The third-order valence-corrected chi connectivity index (χ3v) is 1.79. The van der Waals surface area contributed by atoms with Gasteiger partial charge < -0.3 is 11.1 Å². The first-order valence-electron chi connectivity index (χ1n) is 4.87. The number of aromatic nitrogens is 2. The second-order valence-corrected chi connectivity index (χ2v) is 3.53. The number of hydrogen-bond acceptors (Lipinski definition) is 2. The standard InChI is InChI=1S/C9H15F2N5.HI/c1-6(2)15-9(12)14-5-7-13-3-4-16(7)8(10)11;/h3-4,6,8H,5H2,1-2H3,(H3,12,14,15);1H. The number of alkyl halides is 2. The Labute approximate surface area is 116 Å². The molecule has 5 nitrogen and oxygen atoms in total. The fraction of sp³-hybridized carbons (Fsp3) is 0.556. The van der Waals surface area contributed by atoms with E-state index in [2.05, 4.69) is 15.3 Å². The van der Waals surface area contributed by atoms with E-state index in [4.69, 9.17) is 5.73 Å². The van der Waals surface area contributed by atoms with Crippen LogP contribution in [0.25, 0.3) is 0 Å². The van der Waals surface area contributed by atoms with Gasteiger partial charge in [0.1, 0.15) is 12.4 Å². The van der Waals surface area contributed by atoms with Crippen molar-refractivity contribution in [3.05, 3.63) is 18.2 Å². The minimum atomic E-state index is -2.60. The summed E-state index contributed by atoms with van der Waals surface area (Å²) in [5.74, 6) is 0.405. The third kappa shape index (κ3) is 5.29. The Hall–Kier alpha value is -0.930. The topological polar surface area (TPSA) is 68.2 Å². The smallest absolute Gasteiger partial charge is 0.319 e. The summed E-state index contributed by atoms with van der Waals surface area (Å²) in [6, 6.07) is 0.151. The molecule has 0 atom stereocenters. The monoisotopic (exact) mass is 359 g/mol. The lowest BCUT2D eigenvalue weighted by Gasteiger charge is -2.08. The highest BCUT2D eigenvalue weighted by atomic mass is 127. The van der Waals surface area contributed by atoms with Crippen LogP contribution in [0.1, 0.15) is 26.2 Å². The number of halogens is 3. The molecule has 1 heterocycles. The van der Waals surface area contributed by atoms with Crippen LogP contribution in [0.2, 0.25) is 0 Å². The maximum absolute atomic E-state index is 12.4. The van der Waals surface area contributed by atoms with Crippen LogP contribution in [0.4, 0.5) is 8.78 Å². The van der Waals surface area contributed by atoms with Crippen molar-refractivity contribution in [2.24, 2.45) is 10.7 Å². The van der Waals surface area contributed by atoms with E-state index >= 15 is 0 Å². The number of nitrogens with two attached hydrogens (primary N) is 1. The number of hydrogen-bond donors (Lipinski definition) is 2. The molecule has 0 amide bonds. The lowest BCUT2D eigenvalue weighted by molar-refractivity contribution is 0.0671. The van der Waals surface area contributed by atoms with E-state index in [1.165, 1.54) is 12.4 Å². The molecule has 0 radical (unpaired) electrons. The average Bonchev–Trinajstić information content (AvgIpc) is 2.61. The molecule has 0 aromatic carbocycles. The van der Waals surface area contributed by atoms with Crippen LogP contribution < -0.4 is 11.1 Å². The van der Waals surface area contributed by atoms with E-state index in [1.807, 2.05) is 13.8 Å². The van der Waals surface area contributed by atoms with Gasteiger partial charge in [-0.05, 0) is 13.8 Å². The SMILES string of the molecule is CC(C)NC(N)=NCc1nccn1C(F)F.I. The molecule has 0 aliphatic carbocycles. The quantitative estimate of drug-likeness (QED) is 0.489. The fourth-order valence-electron chi connectivity index (χ4n) is 1.14. The summed E-state index contributed by atoms with van der Waals surface area (Å²) in [7, 11) is 0. The highest BCUT2D eigenvalue weighted by molar-refractivity contribution is 14.0. The predicted molar refractivity (Wildman–Crippen MR) is 72.5 cm³/mol. The first-order chi connectivity index (χ1) is 7.50. The molecule has 0 bridgehead atoms. The van der Waals surface area contributed by atoms with Crippen molar-refractivity contribution in [2.75, 3.05) is 0 Å². The summed E-state index contributed by atoms with van der Waals surface area (Å²) in [6.07, 6.45) is 2.52. The molecular formula is C9H16F2IN5. The summed E-state index contributed by atoms with van der Waals surface area (Å²) in [5, 5.41) is 2.86. The van der Waals surface area contributed by atoms with Gasteiger partial charge in [0.15, 0.2) is 5.96 Å². The molecule has 3 N–H and O–H groups in total. The van der Waals surface area contributed by atoms with Gasteiger partial charge in [-0.1, -0.05) is 0 Å². The van der Waals surface area contributed by atoms with Crippen LogP contribution >= 0.6 is 24.0 Å². The van der Waals surface area contributed by atoms with E-state index in [-0.39, 0.29) is 48.3 Å². The largest absolute Gasteiger partial charge is 0.370 e. The highest BCUT2D eigenvalue weighted by Gasteiger charge is 2.10. The molecule has 0 saturated carbocycles. The van der Waals surface area contributed by atoms with E-state index < -0.39 is 6.55 Å². The van der Waals surface area contributed by atoms with Crippen molar-refractivity contribution in [3.8, 4) is 0 Å². The zero-order valence-electron chi connectivity index (χ0n) is 9.60. The lowest BCUT2D eigenvalue weighted by Crippen LogP contribution is -2.36. The fourth-order valence-corrected chi connectivity index (χ4v) is 1.14. The molecule has 1 aromatic heterocycles. The number of rotatable bonds is 4. The van der Waals surface area contributed by atoms with Gasteiger partial charge in [0, 0.05) is 18.4 Å². The normalized spacial score (nSPS) is 11.8. The Kier molecular flexibility index (Phi) is 7.00. The Morgan fingerprint density at radius 1 is 1.59 bits per heavy atom. The lowest BCUT2D eigenvalue weighted by atomic mass is 10.4. The zero-order valence-corrected chi connectivity index (χ0v) is 11.9. The summed E-state index contributed by atoms with van der Waals surface area (Å²) in [4.78, 5) is 7.70. The Morgan fingerprint density at radius 2 is 2.24 bits per heavy atom. The Balaban J connectivity index is 0.00000256. The minimum absolute atomic E-state index is 0. The summed E-state index contributed by atoms with van der Waals surface area (Å²) >= 11 is 0. The van der Waals surface area contributed by atoms with Gasteiger partial charge in [-0.3, -0.25) is 4.57 Å². The van der Waals surface area contributed by atoms with Crippen LogP contribution in [0.3, 0.4) is 0 Å². The number of nitrogens with zero attached hydrogens (tertiary/aromatic N) is 3. The van der Waals surface area contributed by atoms with Crippen LogP contribution in [-0.2, 0) is 6.54 Å². The first-order valence-corrected chi connectivity index (χ1v) is 4.87. The van der Waals surface area contributed by atoms with Gasteiger partial charge in [0.05, 0.1) is 0 Å². The van der Waals surface area contributed by atoms with Crippen molar-refractivity contribution in [3.63, 3.8) is 0 Å².